The maximum absolute atomic E-state index is 13.0. The largest absolute Gasteiger partial charge is 0.497 e. The second-order valence-corrected chi connectivity index (χ2v) is 6.78. The summed E-state index contributed by atoms with van der Waals surface area (Å²) in [7, 11) is 1.60. The van der Waals surface area contributed by atoms with E-state index in [2.05, 4.69) is 25.7 Å². The van der Waals surface area contributed by atoms with E-state index in [0.717, 1.165) is 42.9 Å². The van der Waals surface area contributed by atoms with Crippen LogP contribution in [0, 0.1) is 0 Å². The molecule has 0 amide bonds. The summed E-state index contributed by atoms with van der Waals surface area (Å²) in [5.41, 5.74) is 2.91. The molecule has 0 heterocycles. The van der Waals surface area contributed by atoms with Gasteiger partial charge < -0.3 is 19.1 Å². The molecule has 0 atom stereocenters. The van der Waals surface area contributed by atoms with Crippen molar-refractivity contribution in [3.63, 3.8) is 0 Å². The fraction of sp³-hybridized carbons (Fsp3) is 0.435. The van der Waals surface area contributed by atoms with E-state index in [1.165, 1.54) is 0 Å². The summed E-state index contributed by atoms with van der Waals surface area (Å²) in [6.07, 6.45) is 0.884. The highest BCUT2D eigenvalue weighted by Crippen LogP contribution is 2.48. The van der Waals surface area contributed by atoms with E-state index in [4.69, 9.17) is 14.2 Å². The molecule has 0 aromatic heterocycles. The van der Waals surface area contributed by atoms with Crippen LogP contribution in [-0.2, 0) is 0 Å². The molecule has 0 spiro atoms. The number of methoxy groups -OCH3 is 1. The van der Waals surface area contributed by atoms with Gasteiger partial charge in [-0.15, -0.1) is 0 Å². The van der Waals surface area contributed by atoms with E-state index >= 15 is 0 Å². The van der Waals surface area contributed by atoms with Gasteiger partial charge in [0, 0.05) is 34.9 Å². The number of carbonyl (C=O) groups is 1. The summed E-state index contributed by atoms with van der Waals surface area (Å²) in [6.45, 7) is 10.3. The van der Waals surface area contributed by atoms with Crippen molar-refractivity contribution in [1.82, 2.24) is 4.90 Å². The van der Waals surface area contributed by atoms with Crippen LogP contribution in [-0.4, -0.2) is 50.6 Å². The van der Waals surface area contributed by atoms with Crippen molar-refractivity contribution in [2.45, 2.75) is 27.2 Å². The number of carbonyl (C=O) groups excluding carboxylic acids is 1. The Morgan fingerprint density at radius 2 is 1.61 bits per heavy atom. The molecule has 0 unspecified atom stereocenters. The number of benzene rings is 2. The number of hydrogen-bond acceptors (Lipinski definition) is 5. The van der Waals surface area contributed by atoms with Gasteiger partial charge in [0.05, 0.1) is 13.7 Å². The SMILES string of the molecule is CCCOc1cc(OC)cc2c1-c1c(OCCN(CC)CC)cccc1C2=O. The molecule has 5 nitrogen and oxygen atoms in total. The number of rotatable bonds is 10. The number of fused-ring (bicyclic) bond motifs is 3. The number of nitrogens with zero attached hydrogens (tertiary/aromatic N) is 1. The third kappa shape index (κ3) is 3.85. The third-order valence-electron chi connectivity index (χ3n) is 5.10. The maximum Gasteiger partial charge on any atom is 0.194 e. The smallest absolute Gasteiger partial charge is 0.194 e. The van der Waals surface area contributed by atoms with Gasteiger partial charge in [-0.1, -0.05) is 32.9 Å². The van der Waals surface area contributed by atoms with Crippen LogP contribution in [0.2, 0.25) is 0 Å². The fourth-order valence-electron chi connectivity index (χ4n) is 3.54. The highest BCUT2D eigenvalue weighted by atomic mass is 16.5. The Labute approximate surface area is 167 Å². The topological polar surface area (TPSA) is 48.0 Å². The van der Waals surface area contributed by atoms with E-state index in [9.17, 15) is 4.79 Å². The van der Waals surface area contributed by atoms with Crippen molar-refractivity contribution in [3.8, 4) is 28.4 Å². The van der Waals surface area contributed by atoms with Crippen molar-refractivity contribution in [1.29, 1.82) is 0 Å². The van der Waals surface area contributed by atoms with Crippen LogP contribution in [0.25, 0.3) is 11.1 Å². The van der Waals surface area contributed by atoms with E-state index in [-0.39, 0.29) is 5.78 Å². The standard InChI is InChI=1S/C23H29NO4/c1-5-12-27-20-15-16(26-4)14-18-22(20)21-17(23(18)25)9-8-10-19(21)28-13-11-24(6-2)7-3/h8-10,14-15H,5-7,11-13H2,1-4H3. The van der Waals surface area contributed by atoms with Gasteiger partial charge in [0.1, 0.15) is 23.9 Å². The molecule has 1 aliphatic carbocycles. The Morgan fingerprint density at radius 1 is 0.893 bits per heavy atom. The summed E-state index contributed by atoms with van der Waals surface area (Å²) in [6, 6.07) is 9.29. The second-order valence-electron chi connectivity index (χ2n) is 6.78. The Kier molecular flexibility index (Phi) is 6.57. The third-order valence-corrected chi connectivity index (χ3v) is 5.10. The lowest BCUT2D eigenvalue weighted by atomic mass is 10.0. The first kappa shape index (κ1) is 20.2. The van der Waals surface area contributed by atoms with E-state index in [0.29, 0.717) is 35.8 Å². The van der Waals surface area contributed by atoms with Crippen LogP contribution in [0.15, 0.2) is 30.3 Å². The van der Waals surface area contributed by atoms with Crippen LogP contribution in [0.1, 0.15) is 43.1 Å². The van der Waals surface area contributed by atoms with Gasteiger partial charge in [-0.2, -0.15) is 0 Å². The lowest BCUT2D eigenvalue weighted by Gasteiger charge is -2.19. The Bertz CT molecular complexity index is 843. The molecule has 150 valence electrons. The van der Waals surface area contributed by atoms with Gasteiger partial charge in [-0.3, -0.25) is 4.79 Å². The highest BCUT2D eigenvalue weighted by Gasteiger charge is 2.33. The number of ketones is 1. The molecule has 28 heavy (non-hydrogen) atoms. The van der Waals surface area contributed by atoms with Gasteiger partial charge in [-0.25, -0.2) is 0 Å². The van der Waals surface area contributed by atoms with Crippen LogP contribution < -0.4 is 14.2 Å². The van der Waals surface area contributed by atoms with E-state index in [1.54, 1.807) is 13.2 Å². The van der Waals surface area contributed by atoms with Crippen molar-refractivity contribution in [2.24, 2.45) is 0 Å². The number of hydrogen-bond donors (Lipinski definition) is 0. The van der Waals surface area contributed by atoms with Gasteiger partial charge in [0.2, 0.25) is 0 Å². The molecule has 5 heteroatoms. The van der Waals surface area contributed by atoms with Gasteiger partial charge in [0.25, 0.3) is 0 Å². The monoisotopic (exact) mass is 383 g/mol. The molecule has 3 rings (SSSR count). The normalized spacial score (nSPS) is 12.1. The van der Waals surface area contributed by atoms with Crippen LogP contribution in [0.5, 0.6) is 17.2 Å². The Hall–Kier alpha value is -2.53. The molecule has 1 aliphatic rings. The first-order valence-electron chi connectivity index (χ1n) is 10.0. The van der Waals surface area contributed by atoms with Gasteiger partial charge in [-0.05, 0) is 31.6 Å². The van der Waals surface area contributed by atoms with Crippen molar-refractivity contribution in [3.05, 3.63) is 41.5 Å². The number of likely N-dealkylation sites (N-methyl/N-ethyl adjacent to an activating group) is 1. The first-order valence-corrected chi connectivity index (χ1v) is 10.0. The predicted octanol–water partition coefficient (Wildman–Crippen LogP) is 4.42. The zero-order chi connectivity index (χ0) is 20.1. The minimum atomic E-state index is -0.0144. The molecular weight excluding hydrogens is 354 g/mol. The first-order chi connectivity index (χ1) is 13.6. The Balaban J connectivity index is 1.99. The zero-order valence-electron chi connectivity index (χ0n) is 17.2. The molecule has 2 aromatic carbocycles. The average molecular weight is 383 g/mol. The maximum atomic E-state index is 13.0. The molecule has 0 saturated carbocycles. The van der Waals surface area contributed by atoms with Crippen LogP contribution in [0.4, 0.5) is 0 Å². The molecule has 0 N–H and O–H groups in total. The molecule has 0 fully saturated rings. The second kappa shape index (κ2) is 9.11. The number of ether oxygens (including phenoxy) is 3. The minimum Gasteiger partial charge on any atom is -0.497 e. The van der Waals surface area contributed by atoms with Crippen molar-refractivity contribution in [2.75, 3.05) is 40.0 Å². The lowest BCUT2D eigenvalue weighted by Crippen LogP contribution is -2.28. The van der Waals surface area contributed by atoms with Crippen LogP contribution in [0.3, 0.4) is 0 Å². The predicted molar refractivity (Wildman–Crippen MR) is 111 cm³/mol. The quantitative estimate of drug-likeness (QED) is 0.519. The van der Waals surface area contributed by atoms with Crippen molar-refractivity contribution >= 4 is 5.78 Å². The zero-order valence-corrected chi connectivity index (χ0v) is 17.2. The molecule has 0 aliphatic heterocycles. The molecular formula is C23H29NO4. The summed E-state index contributed by atoms with van der Waals surface area (Å²) >= 11 is 0. The van der Waals surface area contributed by atoms with Gasteiger partial charge >= 0.3 is 0 Å². The molecule has 2 aromatic rings. The van der Waals surface area contributed by atoms with Crippen LogP contribution >= 0.6 is 0 Å². The fourth-order valence-corrected chi connectivity index (χ4v) is 3.54. The summed E-state index contributed by atoms with van der Waals surface area (Å²) in [4.78, 5) is 15.3. The summed E-state index contributed by atoms with van der Waals surface area (Å²) in [5.74, 6) is 2.00. The Morgan fingerprint density at radius 3 is 2.29 bits per heavy atom. The molecule has 0 bridgehead atoms. The summed E-state index contributed by atoms with van der Waals surface area (Å²) in [5, 5.41) is 0. The molecule has 0 radical (unpaired) electrons. The van der Waals surface area contributed by atoms with E-state index < -0.39 is 0 Å². The van der Waals surface area contributed by atoms with Gasteiger partial charge in [0.15, 0.2) is 5.78 Å². The van der Waals surface area contributed by atoms with E-state index in [1.807, 2.05) is 24.3 Å². The lowest BCUT2D eigenvalue weighted by molar-refractivity contribution is 0.104. The minimum absolute atomic E-state index is 0.0144. The molecule has 0 saturated heterocycles. The van der Waals surface area contributed by atoms with Crippen molar-refractivity contribution < 1.29 is 19.0 Å². The highest BCUT2D eigenvalue weighted by molar-refractivity contribution is 6.23. The average Bonchev–Trinajstić information content (AvgIpc) is 3.02. The summed E-state index contributed by atoms with van der Waals surface area (Å²) < 4.78 is 17.5.